The molecule has 4 N–H and O–H groups in total. The molecule has 0 amide bonds. The van der Waals surface area contributed by atoms with E-state index in [4.69, 9.17) is 27.5 Å². The summed E-state index contributed by atoms with van der Waals surface area (Å²) in [5, 5.41) is 0.185. The van der Waals surface area contributed by atoms with Crippen LogP contribution in [0.25, 0.3) is 5.70 Å². The monoisotopic (exact) mass is 184 g/mol. The molecular weight excluding hydrogens is 176 g/mol. The van der Waals surface area contributed by atoms with Gasteiger partial charge in [-0.2, -0.15) is 0 Å². The number of furan rings is 1. The van der Waals surface area contributed by atoms with Gasteiger partial charge in [0.2, 0.25) is 0 Å². The number of allylic oxidation sites excluding steroid dienone is 2. The van der Waals surface area contributed by atoms with Gasteiger partial charge in [0.25, 0.3) is 0 Å². The van der Waals surface area contributed by atoms with Gasteiger partial charge in [0.1, 0.15) is 5.76 Å². The highest BCUT2D eigenvalue weighted by molar-refractivity contribution is 6.29. The summed E-state index contributed by atoms with van der Waals surface area (Å²) in [5.74, 6) is 0.601. The highest BCUT2D eigenvalue weighted by Crippen LogP contribution is 2.09. The zero-order valence-corrected chi connectivity index (χ0v) is 7.08. The first-order valence-corrected chi connectivity index (χ1v) is 3.70. The van der Waals surface area contributed by atoms with Gasteiger partial charge in [0.05, 0.1) is 17.1 Å². The fraction of sp³-hybridized carbons (Fsp3) is 0. The van der Waals surface area contributed by atoms with Crippen molar-refractivity contribution >= 4 is 17.3 Å². The van der Waals surface area contributed by atoms with E-state index < -0.39 is 0 Å². The minimum atomic E-state index is 0.185. The Morgan fingerprint density at radius 1 is 1.42 bits per heavy atom. The molecule has 1 rings (SSSR count). The highest BCUT2D eigenvalue weighted by Gasteiger charge is 1.96. The van der Waals surface area contributed by atoms with Crippen LogP contribution in [-0.4, -0.2) is 0 Å². The van der Waals surface area contributed by atoms with Crippen LogP contribution < -0.4 is 11.5 Å². The van der Waals surface area contributed by atoms with Crippen LogP contribution in [0.15, 0.2) is 40.1 Å². The molecule has 0 bridgehead atoms. The molecule has 4 heteroatoms. The summed E-state index contributed by atoms with van der Waals surface area (Å²) in [6.45, 7) is 0. The zero-order chi connectivity index (χ0) is 8.97. The maximum absolute atomic E-state index is 5.60. The lowest BCUT2D eigenvalue weighted by Crippen LogP contribution is -1.94. The van der Waals surface area contributed by atoms with Crippen molar-refractivity contribution in [3.05, 3.63) is 41.5 Å². The molecule has 1 aromatic heterocycles. The van der Waals surface area contributed by atoms with Crippen molar-refractivity contribution in [3.8, 4) is 0 Å². The van der Waals surface area contributed by atoms with Crippen LogP contribution in [0.1, 0.15) is 5.76 Å². The van der Waals surface area contributed by atoms with Crippen molar-refractivity contribution in [2.24, 2.45) is 11.5 Å². The van der Waals surface area contributed by atoms with Crippen molar-refractivity contribution in [1.82, 2.24) is 0 Å². The van der Waals surface area contributed by atoms with Gasteiger partial charge in [-0.1, -0.05) is 11.6 Å². The second-order valence-corrected chi connectivity index (χ2v) is 2.59. The van der Waals surface area contributed by atoms with E-state index in [0.29, 0.717) is 11.5 Å². The molecule has 0 saturated heterocycles. The summed E-state index contributed by atoms with van der Waals surface area (Å²) in [5.41, 5.74) is 11.3. The smallest absolute Gasteiger partial charge is 0.149 e. The minimum absolute atomic E-state index is 0.185. The Kier molecular flexibility index (Phi) is 2.82. The zero-order valence-electron chi connectivity index (χ0n) is 6.33. The summed E-state index contributed by atoms with van der Waals surface area (Å²) in [6, 6.07) is 3.51. The van der Waals surface area contributed by atoms with E-state index >= 15 is 0 Å². The largest absolute Gasteiger partial charge is 0.463 e. The van der Waals surface area contributed by atoms with Gasteiger partial charge in [-0.3, -0.25) is 0 Å². The van der Waals surface area contributed by atoms with Crippen LogP contribution in [0.4, 0.5) is 0 Å². The summed E-state index contributed by atoms with van der Waals surface area (Å²) in [6.07, 6.45) is 4.63. The Morgan fingerprint density at radius 2 is 2.17 bits per heavy atom. The van der Waals surface area contributed by atoms with Gasteiger partial charge in [0, 0.05) is 0 Å². The van der Waals surface area contributed by atoms with Crippen molar-refractivity contribution in [1.29, 1.82) is 0 Å². The Labute approximate surface area is 75.3 Å². The molecule has 0 unspecified atom stereocenters. The molecule has 0 saturated carbocycles. The normalized spacial score (nSPS) is 13.4. The third kappa shape index (κ3) is 2.36. The maximum Gasteiger partial charge on any atom is 0.149 e. The topological polar surface area (TPSA) is 65.2 Å². The first-order valence-electron chi connectivity index (χ1n) is 3.32. The van der Waals surface area contributed by atoms with Gasteiger partial charge >= 0.3 is 0 Å². The Morgan fingerprint density at radius 3 is 2.67 bits per heavy atom. The lowest BCUT2D eigenvalue weighted by atomic mass is 10.3. The summed E-state index contributed by atoms with van der Waals surface area (Å²) in [4.78, 5) is 0. The molecule has 0 aliphatic heterocycles. The van der Waals surface area contributed by atoms with E-state index in [2.05, 4.69) is 0 Å². The molecule has 0 radical (unpaired) electrons. The standard InChI is InChI=1S/C8H9ClN2O/c9-8(11)4-3-6(10)7-2-1-5-12-7/h1-5H,10-11H2/b6-3-,8-4-. The van der Waals surface area contributed by atoms with Crippen LogP contribution in [0.5, 0.6) is 0 Å². The van der Waals surface area contributed by atoms with E-state index in [1.54, 1.807) is 24.5 Å². The molecular formula is C8H9ClN2O. The number of nitrogens with two attached hydrogens (primary N) is 2. The number of hydrogen-bond acceptors (Lipinski definition) is 3. The molecule has 0 aromatic carbocycles. The van der Waals surface area contributed by atoms with Crippen LogP contribution >= 0.6 is 11.6 Å². The Balaban J connectivity index is 2.78. The molecule has 0 atom stereocenters. The molecule has 3 nitrogen and oxygen atoms in total. The minimum Gasteiger partial charge on any atom is -0.463 e. The molecule has 0 aliphatic carbocycles. The average Bonchev–Trinajstić information content (AvgIpc) is 2.51. The van der Waals surface area contributed by atoms with E-state index in [1.165, 1.54) is 6.08 Å². The van der Waals surface area contributed by atoms with Crippen molar-refractivity contribution < 1.29 is 4.42 Å². The fourth-order valence-electron chi connectivity index (χ4n) is 0.694. The first kappa shape index (κ1) is 8.74. The molecule has 1 heterocycles. The first-order chi connectivity index (χ1) is 5.70. The fourth-order valence-corrected chi connectivity index (χ4v) is 0.757. The summed E-state index contributed by atoms with van der Waals surface area (Å²) >= 11 is 5.39. The lowest BCUT2D eigenvalue weighted by molar-refractivity contribution is 0.552. The predicted molar refractivity (Wildman–Crippen MR) is 49.0 cm³/mol. The van der Waals surface area contributed by atoms with Crippen LogP contribution in [-0.2, 0) is 0 Å². The molecule has 0 fully saturated rings. The van der Waals surface area contributed by atoms with E-state index in [9.17, 15) is 0 Å². The lowest BCUT2D eigenvalue weighted by Gasteiger charge is -1.92. The van der Waals surface area contributed by atoms with Crippen molar-refractivity contribution in [2.45, 2.75) is 0 Å². The molecule has 0 spiro atoms. The average molecular weight is 185 g/mol. The van der Waals surface area contributed by atoms with Crippen LogP contribution in [0.2, 0.25) is 0 Å². The number of rotatable bonds is 2. The third-order valence-electron chi connectivity index (χ3n) is 1.23. The van der Waals surface area contributed by atoms with Gasteiger partial charge in [-0.25, -0.2) is 0 Å². The van der Waals surface area contributed by atoms with E-state index in [-0.39, 0.29) is 5.16 Å². The van der Waals surface area contributed by atoms with Crippen LogP contribution in [0, 0.1) is 0 Å². The maximum atomic E-state index is 5.60. The summed E-state index contributed by atoms with van der Waals surface area (Å²) < 4.78 is 5.02. The second kappa shape index (κ2) is 3.88. The third-order valence-corrected chi connectivity index (χ3v) is 1.35. The number of hydrogen-bond donors (Lipinski definition) is 2. The predicted octanol–water partition coefficient (Wildman–Crippen LogP) is 1.62. The van der Waals surface area contributed by atoms with Gasteiger partial charge in [-0.15, -0.1) is 0 Å². The molecule has 12 heavy (non-hydrogen) atoms. The van der Waals surface area contributed by atoms with Gasteiger partial charge in [0.15, 0.2) is 0 Å². The second-order valence-electron chi connectivity index (χ2n) is 2.15. The Bertz CT molecular complexity index is 297. The molecule has 64 valence electrons. The molecule has 0 aliphatic rings. The number of halogens is 1. The van der Waals surface area contributed by atoms with E-state index in [1.807, 2.05) is 0 Å². The van der Waals surface area contributed by atoms with Crippen molar-refractivity contribution in [2.75, 3.05) is 0 Å². The quantitative estimate of drug-likeness (QED) is 0.542. The SMILES string of the molecule is N/C(=C\C=C(/N)Cl)c1ccco1. The summed E-state index contributed by atoms with van der Waals surface area (Å²) in [7, 11) is 0. The Hall–Kier alpha value is -1.35. The highest BCUT2D eigenvalue weighted by atomic mass is 35.5. The van der Waals surface area contributed by atoms with Crippen LogP contribution in [0.3, 0.4) is 0 Å². The van der Waals surface area contributed by atoms with Crippen molar-refractivity contribution in [3.63, 3.8) is 0 Å². The van der Waals surface area contributed by atoms with Gasteiger partial charge < -0.3 is 15.9 Å². The van der Waals surface area contributed by atoms with Gasteiger partial charge in [-0.05, 0) is 24.3 Å². The van der Waals surface area contributed by atoms with E-state index in [0.717, 1.165) is 0 Å². The molecule has 1 aromatic rings.